The molecule has 0 aromatic carbocycles. The molecule has 0 bridgehead atoms. The second-order valence-corrected chi connectivity index (χ2v) is 18.4. The summed E-state index contributed by atoms with van der Waals surface area (Å²) < 4.78 is 45.4. The summed E-state index contributed by atoms with van der Waals surface area (Å²) in [5, 5.41) is 8.89. The molecule has 40 heavy (non-hydrogen) atoms. The lowest BCUT2D eigenvalue weighted by atomic mass is 10.1. The van der Waals surface area contributed by atoms with E-state index >= 15 is 4.39 Å². The van der Waals surface area contributed by atoms with E-state index in [1.807, 2.05) is 6.92 Å². The monoisotopic (exact) mass is 597 g/mol. The van der Waals surface area contributed by atoms with E-state index < -0.39 is 52.8 Å². The number of halogens is 1. The normalized spacial score (nSPS) is 23.0. The zero-order valence-electron chi connectivity index (χ0n) is 25.4. The third-order valence-corrected chi connectivity index (χ3v) is 14.2. The third kappa shape index (κ3) is 6.84. The minimum atomic E-state index is -2.40. The molecule has 1 fully saturated rings. The molecule has 0 aliphatic carbocycles. The van der Waals surface area contributed by atoms with E-state index in [0.29, 0.717) is 6.42 Å². The van der Waals surface area contributed by atoms with Crippen molar-refractivity contribution in [2.75, 3.05) is 6.61 Å². The van der Waals surface area contributed by atoms with Crippen LogP contribution in [0, 0.1) is 17.1 Å². The quantitative estimate of drug-likeness (QED) is 0.174. The molecule has 0 radical (unpaired) electrons. The van der Waals surface area contributed by atoms with Crippen LogP contribution in [-0.4, -0.2) is 64.5 Å². The Kier molecular flexibility index (Phi) is 10.7. The molecule has 0 saturated carbocycles. The van der Waals surface area contributed by atoms with Crippen molar-refractivity contribution < 1.29 is 22.6 Å². The smallest absolute Gasteiger partial charge is 0.263 e. The molecule has 13 heteroatoms. The van der Waals surface area contributed by atoms with Crippen molar-refractivity contribution in [3.05, 3.63) is 28.7 Å². The maximum Gasteiger partial charge on any atom is 0.263 e. The number of fused-ring (bicyclic) bond motifs is 1. The number of hydrogen-bond acceptors (Lipinski definition) is 8. The van der Waals surface area contributed by atoms with Crippen molar-refractivity contribution in [2.45, 2.75) is 123 Å². The number of rotatable bonds is 12. The van der Waals surface area contributed by atoms with Crippen LogP contribution in [0.2, 0.25) is 18.1 Å². The van der Waals surface area contributed by atoms with E-state index in [1.54, 1.807) is 4.57 Å². The Labute approximate surface area is 239 Å². The molecule has 3 rings (SSSR count). The first kappa shape index (κ1) is 32.8. The number of nitrogens with one attached hydrogen (secondary N) is 1. The molecule has 1 aliphatic rings. The van der Waals surface area contributed by atoms with Gasteiger partial charge in [-0.25, -0.2) is 14.0 Å². The van der Waals surface area contributed by atoms with Gasteiger partial charge in [0.1, 0.15) is 17.6 Å². The predicted molar refractivity (Wildman–Crippen MR) is 157 cm³/mol. The zero-order chi connectivity index (χ0) is 30.0. The molecular formula is C27H45FN5O5PSi. The van der Waals surface area contributed by atoms with Gasteiger partial charge in [0.2, 0.25) is 0 Å². The summed E-state index contributed by atoms with van der Waals surface area (Å²) in [6, 6.07) is 2.37. The highest BCUT2D eigenvalue weighted by atomic mass is 31.2. The Bertz CT molecular complexity index is 1230. The average Bonchev–Trinajstić information content (AvgIpc) is 3.35. The van der Waals surface area contributed by atoms with Crippen LogP contribution in [0.25, 0.3) is 11.0 Å². The second-order valence-electron chi connectivity index (χ2n) is 12.2. The van der Waals surface area contributed by atoms with Gasteiger partial charge in [-0.3, -0.25) is 4.79 Å². The van der Waals surface area contributed by atoms with E-state index in [1.165, 1.54) is 12.5 Å². The molecule has 1 unspecified atom stereocenters. The molecular weight excluding hydrogens is 552 g/mol. The van der Waals surface area contributed by atoms with E-state index in [2.05, 4.69) is 82.3 Å². The molecule has 5 atom stereocenters. The Balaban J connectivity index is 2.13. The lowest BCUT2D eigenvalue weighted by molar-refractivity contribution is -0.0324. The molecule has 224 valence electrons. The van der Waals surface area contributed by atoms with Crippen molar-refractivity contribution in [3.63, 3.8) is 0 Å². The Morgan fingerprint density at radius 2 is 1.93 bits per heavy atom. The largest absolute Gasteiger partial charge is 0.407 e. The van der Waals surface area contributed by atoms with Crippen molar-refractivity contribution in [1.82, 2.24) is 19.2 Å². The van der Waals surface area contributed by atoms with Gasteiger partial charge in [0.25, 0.3) is 14.1 Å². The van der Waals surface area contributed by atoms with Gasteiger partial charge in [-0.15, -0.1) is 0 Å². The van der Waals surface area contributed by atoms with Gasteiger partial charge in [0, 0.05) is 18.3 Å². The van der Waals surface area contributed by atoms with Crippen molar-refractivity contribution in [1.29, 1.82) is 5.26 Å². The summed E-state index contributed by atoms with van der Waals surface area (Å²) in [4.78, 5) is 19.2. The van der Waals surface area contributed by atoms with Crippen LogP contribution in [0.1, 0.15) is 74.5 Å². The van der Waals surface area contributed by atoms with Gasteiger partial charge in [-0.2, -0.15) is 5.26 Å². The molecule has 2 aromatic rings. The molecule has 0 amide bonds. The van der Waals surface area contributed by atoms with Crippen LogP contribution in [0.15, 0.2) is 17.3 Å². The first-order chi connectivity index (χ1) is 18.6. The molecule has 3 heterocycles. The number of aromatic amines is 1. The summed E-state index contributed by atoms with van der Waals surface area (Å²) in [7, 11) is -3.99. The fourth-order valence-corrected chi connectivity index (χ4v) is 7.73. The van der Waals surface area contributed by atoms with Crippen LogP contribution in [0.3, 0.4) is 0 Å². The Morgan fingerprint density at radius 1 is 1.27 bits per heavy atom. The van der Waals surface area contributed by atoms with Crippen LogP contribution >= 0.6 is 8.53 Å². The number of hydrogen-bond donors (Lipinski definition) is 1. The number of nitrogens with zero attached hydrogens (tertiary/aromatic N) is 4. The second kappa shape index (κ2) is 13.1. The summed E-state index contributed by atoms with van der Waals surface area (Å²) >= 11 is 0. The lowest BCUT2D eigenvalue weighted by Gasteiger charge is -2.42. The number of aromatic nitrogens is 3. The van der Waals surface area contributed by atoms with Crippen molar-refractivity contribution in [2.24, 2.45) is 0 Å². The van der Waals surface area contributed by atoms with Gasteiger partial charge in [0.15, 0.2) is 26.0 Å². The fourth-order valence-electron chi connectivity index (χ4n) is 4.67. The lowest BCUT2D eigenvalue weighted by Crippen LogP contribution is -2.49. The van der Waals surface area contributed by atoms with Gasteiger partial charge < -0.3 is 27.8 Å². The van der Waals surface area contributed by atoms with Crippen molar-refractivity contribution >= 4 is 27.9 Å². The predicted octanol–water partition coefficient (Wildman–Crippen LogP) is 6.22. The van der Waals surface area contributed by atoms with Crippen molar-refractivity contribution in [3.8, 4) is 6.07 Å². The highest BCUT2D eigenvalue weighted by molar-refractivity contribution is 7.44. The standard InChI is InChI=1S/C27H45FN5O5PSi/c1-11-20-22(37-39(35-14-12-13-29)33(17(2)3)18(4)5)23(38-40(9,10)27(6,7)8)26(36-20)32-15-19(28)21-24(32)30-16-31-25(21)34/h15-18,20,22-23,26H,11-12,14H2,1-10H3,(H,30,31,34)/t20-,22-,23-,26-,39?/m1/s1. The van der Waals surface area contributed by atoms with Crippen LogP contribution in [-0.2, 0) is 18.2 Å². The van der Waals surface area contributed by atoms with E-state index in [-0.39, 0.29) is 41.2 Å². The zero-order valence-corrected chi connectivity index (χ0v) is 27.3. The van der Waals surface area contributed by atoms with E-state index in [4.69, 9.17) is 23.5 Å². The van der Waals surface area contributed by atoms with Gasteiger partial charge in [-0.05, 0) is 52.2 Å². The number of H-pyrrole nitrogens is 1. The highest BCUT2D eigenvalue weighted by Crippen LogP contribution is 2.52. The Hall–Kier alpha value is -1.71. The molecule has 1 saturated heterocycles. The van der Waals surface area contributed by atoms with Crippen LogP contribution in [0.5, 0.6) is 0 Å². The summed E-state index contributed by atoms with van der Waals surface area (Å²) in [5.41, 5.74) is -0.371. The minimum absolute atomic E-state index is 0.115. The van der Waals surface area contributed by atoms with Gasteiger partial charge in [-0.1, -0.05) is 27.7 Å². The summed E-state index contributed by atoms with van der Waals surface area (Å²) in [6.45, 7) is 21.3. The number of ether oxygens (including phenoxy) is 1. The first-order valence-corrected chi connectivity index (χ1v) is 18.0. The van der Waals surface area contributed by atoms with Crippen LogP contribution < -0.4 is 5.56 Å². The summed E-state index contributed by atoms with van der Waals surface area (Å²) in [5.74, 6) is -0.677. The maximum atomic E-state index is 15.1. The van der Waals surface area contributed by atoms with Crippen LogP contribution in [0.4, 0.5) is 4.39 Å². The Morgan fingerprint density at radius 3 is 2.48 bits per heavy atom. The SMILES string of the molecule is CC[C@H]1O[C@@H](n2cc(F)c3c(=O)[nH]cnc32)[C@H](O[Si](C)(C)C(C)(C)C)[C@@H]1OP(OCCC#N)N(C(C)C)C(C)C. The third-order valence-electron chi connectivity index (χ3n) is 7.64. The van der Waals surface area contributed by atoms with Gasteiger partial charge in [0.05, 0.1) is 31.5 Å². The van der Waals surface area contributed by atoms with E-state index in [9.17, 15) is 4.79 Å². The fraction of sp³-hybridized carbons (Fsp3) is 0.741. The summed E-state index contributed by atoms with van der Waals surface area (Å²) in [6.07, 6.45) is 1.00. The average molecular weight is 598 g/mol. The molecule has 0 spiro atoms. The molecule has 1 aliphatic heterocycles. The topological polar surface area (TPSA) is 115 Å². The minimum Gasteiger partial charge on any atom is -0.407 e. The molecule has 1 N–H and O–H groups in total. The maximum absolute atomic E-state index is 15.1. The first-order valence-electron chi connectivity index (χ1n) is 14.0. The number of nitriles is 1. The van der Waals surface area contributed by atoms with Gasteiger partial charge >= 0.3 is 0 Å². The van der Waals surface area contributed by atoms with E-state index in [0.717, 1.165) is 0 Å². The highest BCUT2D eigenvalue weighted by Gasteiger charge is 2.53. The molecule has 2 aromatic heterocycles. The molecule has 10 nitrogen and oxygen atoms in total.